The lowest BCUT2D eigenvalue weighted by Gasteiger charge is -2.25. The van der Waals surface area contributed by atoms with Gasteiger partial charge in [0.05, 0.1) is 10.9 Å². The van der Waals surface area contributed by atoms with E-state index in [0.717, 1.165) is 58.3 Å². The van der Waals surface area contributed by atoms with Gasteiger partial charge in [0.25, 0.3) is 0 Å². The number of carbonyl (C=O) groups is 1. The summed E-state index contributed by atoms with van der Waals surface area (Å²) in [5.41, 5.74) is 3.39. The van der Waals surface area contributed by atoms with Gasteiger partial charge in [-0.05, 0) is 37.9 Å². The van der Waals surface area contributed by atoms with Crippen molar-refractivity contribution in [3.63, 3.8) is 0 Å². The van der Waals surface area contributed by atoms with Crippen molar-refractivity contribution >= 4 is 43.8 Å². The van der Waals surface area contributed by atoms with E-state index < -0.39 is 0 Å². The lowest BCUT2D eigenvalue weighted by atomic mass is 10.0. The first-order valence-corrected chi connectivity index (χ1v) is 12.3. The lowest BCUT2D eigenvalue weighted by Crippen LogP contribution is -2.29. The number of anilines is 1. The summed E-state index contributed by atoms with van der Waals surface area (Å²) in [5, 5.41) is 8.52. The van der Waals surface area contributed by atoms with E-state index >= 15 is 0 Å². The molecule has 1 amide bonds. The quantitative estimate of drug-likeness (QED) is 0.536. The number of thiazole rings is 1. The minimum absolute atomic E-state index is 0.0563. The molecule has 30 heavy (non-hydrogen) atoms. The van der Waals surface area contributed by atoms with Gasteiger partial charge >= 0.3 is 0 Å². The zero-order chi connectivity index (χ0) is 21.1. The molecule has 6 nitrogen and oxygen atoms in total. The maximum atomic E-state index is 12.7. The molecule has 0 aromatic carbocycles. The highest BCUT2D eigenvalue weighted by molar-refractivity contribution is 7.22. The first-order chi connectivity index (χ1) is 14.6. The molecule has 0 bridgehead atoms. The molecule has 4 rings (SSSR count). The molecule has 3 aromatic heterocycles. The summed E-state index contributed by atoms with van der Waals surface area (Å²) in [6.07, 6.45) is 6.14. The molecule has 2 N–H and O–H groups in total. The minimum Gasteiger partial charge on any atom is -0.317 e. The van der Waals surface area contributed by atoms with Gasteiger partial charge in [0, 0.05) is 48.7 Å². The Morgan fingerprint density at radius 3 is 2.97 bits per heavy atom. The Morgan fingerprint density at radius 2 is 2.20 bits per heavy atom. The van der Waals surface area contributed by atoms with Crippen molar-refractivity contribution in [1.82, 2.24) is 20.2 Å². The molecule has 0 unspecified atom stereocenters. The number of likely N-dealkylation sites (N-methyl/N-ethyl adjacent to an activating group) is 1. The highest BCUT2D eigenvalue weighted by atomic mass is 32.1. The molecular weight excluding hydrogens is 414 g/mol. The molecule has 8 heteroatoms. The molecular formula is C22H29N5OS2. The van der Waals surface area contributed by atoms with Crippen LogP contribution in [0.15, 0.2) is 18.5 Å². The summed E-state index contributed by atoms with van der Waals surface area (Å²) in [7, 11) is 0. The summed E-state index contributed by atoms with van der Waals surface area (Å²) in [4.78, 5) is 25.5. The fraction of sp³-hybridized carbons (Fsp3) is 0.500. The highest BCUT2D eigenvalue weighted by Crippen LogP contribution is 2.45. The van der Waals surface area contributed by atoms with Gasteiger partial charge in [0.1, 0.15) is 15.5 Å². The lowest BCUT2D eigenvalue weighted by molar-refractivity contribution is -0.116. The highest BCUT2D eigenvalue weighted by Gasteiger charge is 2.27. The summed E-state index contributed by atoms with van der Waals surface area (Å²) in [6.45, 7) is 10.2. The van der Waals surface area contributed by atoms with Crippen LogP contribution in [0, 0.1) is 0 Å². The Labute approximate surface area is 185 Å². The number of fused-ring (bicyclic) bond motifs is 2. The SMILES string of the molecule is CC[C@H](C)NCCC(=O)Nc1sc2c(c1-c1nc3cnccc3s1)CCN(CC)C2. The van der Waals surface area contributed by atoms with Gasteiger partial charge in [-0.25, -0.2) is 4.98 Å². The molecule has 0 fully saturated rings. The fourth-order valence-electron chi connectivity index (χ4n) is 3.69. The topological polar surface area (TPSA) is 70.1 Å². The zero-order valence-electron chi connectivity index (χ0n) is 17.8. The van der Waals surface area contributed by atoms with Gasteiger partial charge in [-0.3, -0.25) is 14.7 Å². The number of hydrogen-bond donors (Lipinski definition) is 2. The molecule has 0 radical (unpaired) electrons. The summed E-state index contributed by atoms with van der Waals surface area (Å²) < 4.78 is 1.13. The maximum Gasteiger partial charge on any atom is 0.226 e. The number of hydrogen-bond acceptors (Lipinski definition) is 7. The minimum atomic E-state index is 0.0563. The predicted molar refractivity (Wildman–Crippen MR) is 126 cm³/mol. The normalized spacial score (nSPS) is 15.3. The van der Waals surface area contributed by atoms with Crippen molar-refractivity contribution in [1.29, 1.82) is 0 Å². The van der Waals surface area contributed by atoms with Crippen LogP contribution in [0.25, 0.3) is 20.8 Å². The van der Waals surface area contributed by atoms with E-state index in [2.05, 4.69) is 41.3 Å². The molecule has 0 saturated carbocycles. The van der Waals surface area contributed by atoms with Gasteiger partial charge in [0.15, 0.2) is 0 Å². The first kappa shape index (κ1) is 21.4. The monoisotopic (exact) mass is 443 g/mol. The molecule has 0 aliphatic carbocycles. The van der Waals surface area contributed by atoms with Crippen LogP contribution in [-0.4, -0.2) is 46.5 Å². The van der Waals surface area contributed by atoms with Crippen molar-refractivity contribution in [3.8, 4) is 10.6 Å². The van der Waals surface area contributed by atoms with Crippen LogP contribution in [-0.2, 0) is 17.8 Å². The molecule has 0 saturated heterocycles. The van der Waals surface area contributed by atoms with Crippen LogP contribution >= 0.6 is 22.7 Å². The maximum absolute atomic E-state index is 12.7. The molecule has 1 aliphatic rings. The van der Waals surface area contributed by atoms with Gasteiger partial charge in [-0.1, -0.05) is 13.8 Å². The Morgan fingerprint density at radius 1 is 1.33 bits per heavy atom. The number of amides is 1. The Kier molecular flexibility index (Phi) is 6.77. The summed E-state index contributed by atoms with van der Waals surface area (Å²) in [5.74, 6) is 0.0563. The number of nitrogens with one attached hydrogen (secondary N) is 2. The van der Waals surface area contributed by atoms with Crippen LogP contribution in [0.3, 0.4) is 0 Å². The van der Waals surface area contributed by atoms with Gasteiger partial charge < -0.3 is 10.6 Å². The molecule has 4 heterocycles. The molecule has 3 aromatic rings. The molecule has 0 spiro atoms. The van der Waals surface area contributed by atoms with Crippen molar-refractivity contribution in [3.05, 3.63) is 28.9 Å². The summed E-state index contributed by atoms with van der Waals surface area (Å²) >= 11 is 3.39. The van der Waals surface area contributed by atoms with Crippen molar-refractivity contribution in [2.24, 2.45) is 0 Å². The predicted octanol–water partition coefficient (Wildman–Crippen LogP) is 4.51. The van der Waals surface area contributed by atoms with Crippen LogP contribution in [0.4, 0.5) is 5.00 Å². The number of thiophene rings is 1. The standard InChI is InChI=1S/C22H29N5OS2/c1-4-14(3)24-10-7-19(28)26-22-20(15-8-11-27(5-2)13-18(15)30-22)21-25-16-12-23-9-6-17(16)29-21/h6,9,12,14,24H,4-5,7-8,10-11,13H2,1-3H3,(H,26,28)/t14-/m0/s1. The number of nitrogens with zero attached hydrogens (tertiary/aromatic N) is 3. The van der Waals surface area contributed by atoms with Gasteiger partial charge in [-0.2, -0.15) is 0 Å². The van der Waals surface area contributed by atoms with Gasteiger partial charge in [0.2, 0.25) is 5.91 Å². The van der Waals surface area contributed by atoms with E-state index in [4.69, 9.17) is 4.98 Å². The average molecular weight is 444 g/mol. The third kappa shape index (κ3) is 4.56. The van der Waals surface area contributed by atoms with Crippen molar-refractivity contribution in [2.45, 2.75) is 52.6 Å². The van der Waals surface area contributed by atoms with E-state index in [-0.39, 0.29) is 5.91 Å². The molecule has 160 valence electrons. The molecule has 1 atom stereocenters. The summed E-state index contributed by atoms with van der Waals surface area (Å²) in [6, 6.07) is 2.44. The number of aromatic nitrogens is 2. The number of pyridine rings is 1. The smallest absolute Gasteiger partial charge is 0.226 e. The van der Waals surface area contributed by atoms with E-state index in [1.807, 2.05) is 12.3 Å². The van der Waals surface area contributed by atoms with Crippen LogP contribution in [0.1, 0.15) is 44.1 Å². The third-order valence-corrected chi connectivity index (χ3v) is 7.88. The van der Waals surface area contributed by atoms with E-state index in [9.17, 15) is 4.79 Å². The number of rotatable bonds is 8. The van der Waals surface area contributed by atoms with E-state index in [0.29, 0.717) is 19.0 Å². The second kappa shape index (κ2) is 9.51. The zero-order valence-corrected chi connectivity index (χ0v) is 19.5. The fourth-order valence-corrected chi connectivity index (χ4v) is 6.08. The second-order valence-corrected chi connectivity index (χ2v) is 9.89. The van der Waals surface area contributed by atoms with Gasteiger partial charge in [-0.15, -0.1) is 22.7 Å². The molecule has 1 aliphatic heterocycles. The second-order valence-electron chi connectivity index (χ2n) is 7.75. The van der Waals surface area contributed by atoms with E-state index in [1.165, 1.54) is 10.4 Å². The largest absolute Gasteiger partial charge is 0.317 e. The Hall–Kier alpha value is -1.87. The van der Waals surface area contributed by atoms with Crippen molar-refractivity contribution in [2.75, 3.05) is 25.0 Å². The average Bonchev–Trinajstić information content (AvgIpc) is 3.33. The van der Waals surface area contributed by atoms with E-state index in [1.54, 1.807) is 28.9 Å². The Bertz CT molecular complexity index is 995. The van der Waals surface area contributed by atoms with Crippen LogP contribution in [0.5, 0.6) is 0 Å². The van der Waals surface area contributed by atoms with Crippen molar-refractivity contribution < 1.29 is 4.79 Å². The first-order valence-electron chi connectivity index (χ1n) is 10.7. The van der Waals surface area contributed by atoms with Crippen LogP contribution in [0.2, 0.25) is 0 Å². The third-order valence-electron chi connectivity index (χ3n) is 5.70. The van der Waals surface area contributed by atoms with Crippen LogP contribution < -0.4 is 10.6 Å². The number of carbonyl (C=O) groups excluding carboxylic acids is 1. The Balaban J connectivity index is 1.62.